The van der Waals surface area contributed by atoms with E-state index >= 15 is 0 Å². The number of carbonyl (C=O) groups is 10. The second kappa shape index (κ2) is 49.9. The van der Waals surface area contributed by atoms with Crippen molar-refractivity contribution >= 4 is 59.2 Å². The molecule has 5 unspecified atom stereocenters. The third-order valence-corrected chi connectivity index (χ3v) is 6.43. The number of rotatable bonds is 12. The lowest BCUT2D eigenvalue weighted by Crippen LogP contribution is -2.28. The van der Waals surface area contributed by atoms with Crippen LogP contribution in [0.2, 0.25) is 0 Å². The molecule has 1 fully saturated rings. The Bertz CT molecular complexity index is 1080. The van der Waals surface area contributed by atoms with Crippen molar-refractivity contribution < 1.29 is 58.2 Å². The predicted molar refractivity (Wildman–Crippen MR) is 237 cm³/mol. The quantitative estimate of drug-likeness (QED) is 0.130. The zero-order valence-electron chi connectivity index (χ0n) is 30.0. The zero-order chi connectivity index (χ0) is 39.6. The number of primary amides is 2. The third kappa shape index (κ3) is 48.9. The molecule has 19 nitrogen and oxygen atoms in total. The van der Waals surface area contributed by atoms with E-state index in [0.717, 1.165) is 0 Å². The number of amides is 8. The number of likely N-dealkylation sites (tertiary alicyclic amines) is 1. The molecule has 0 radical (unpaired) electrons. The zero-order valence-corrected chi connectivity index (χ0v) is 30.0. The predicted octanol–water partition coefficient (Wildman–Crippen LogP) is 3.91. The van der Waals surface area contributed by atoms with Crippen molar-refractivity contribution in [3.8, 4) is 0 Å². The summed E-state index contributed by atoms with van der Waals surface area (Å²) in [6.45, 7) is 8.12. The van der Waals surface area contributed by atoms with Crippen LogP contribution >= 0.6 is 0 Å². The van der Waals surface area contributed by atoms with E-state index in [0.29, 0.717) is 6.42 Å². The highest BCUT2D eigenvalue weighted by atomic mass is 16.4. The van der Waals surface area contributed by atoms with Gasteiger partial charge in [0, 0.05) is 84.6 Å². The largest absolute Gasteiger partial charge is 0.481 e. The van der Waals surface area contributed by atoms with Gasteiger partial charge in [0.1, 0.15) is 0 Å². The molecule has 0 aromatic heterocycles. The number of imide groups is 1. The summed E-state index contributed by atoms with van der Waals surface area (Å²) in [6.07, 6.45) is 0.604. The van der Waals surface area contributed by atoms with Crippen LogP contribution in [0, 0.1) is 29.6 Å². The van der Waals surface area contributed by atoms with E-state index in [1.807, 2.05) is 0 Å². The highest BCUT2D eigenvalue weighted by Crippen LogP contribution is 2.15. The molecule has 0 aromatic carbocycles. The number of hydrogen-bond acceptors (Lipinski definition) is 10. The average Bonchev–Trinajstić information content (AvgIpc) is 3.24. The van der Waals surface area contributed by atoms with E-state index in [1.54, 1.807) is 27.7 Å². The van der Waals surface area contributed by atoms with E-state index in [1.165, 1.54) is 47.1 Å². The number of nitrogens with one attached hydrogen (secondary N) is 4. The maximum absolute atomic E-state index is 10.8. The van der Waals surface area contributed by atoms with Crippen molar-refractivity contribution in [3.05, 3.63) is 0 Å². The molecule has 1 heterocycles. The van der Waals surface area contributed by atoms with Gasteiger partial charge in [0.2, 0.25) is 47.3 Å². The molecule has 0 aromatic rings. The van der Waals surface area contributed by atoms with Gasteiger partial charge in [-0.3, -0.25) is 52.8 Å². The van der Waals surface area contributed by atoms with Gasteiger partial charge in [-0.15, -0.1) is 0 Å². The lowest BCUT2D eigenvalue weighted by molar-refractivity contribution is -0.143. The van der Waals surface area contributed by atoms with Gasteiger partial charge in [-0.05, 0) is 0 Å². The first kappa shape index (κ1) is 89.5. The van der Waals surface area contributed by atoms with E-state index < -0.39 is 35.6 Å². The molecule has 1 rings (SSSR count). The summed E-state index contributed by atoms with van der Waals surface area (Å²) >= 11 is 0. The minimum Gasteiger partial charge on any atom is -0.481 e. The molecule has 0 saturated carbocycles. The lowest BCUT2D eigenvalue weighted by atomic mass is 10.1. The summed E-state index contributed by atoms with van der Waals surface area (Å²) in [5.41, 5.74) is 9.79. The number of carboxylic acid groups (broad SMARTS) is 2. The maximum atomic E-state index is 10.8. The van der Waals surface area contributed by atoms with Crippen molar-refractivity contribution in [3.63, 3.8) is 0 Å². The monoisotopic (exact) mass is 850 g/mol. The summed E-state index contributed by atoms with van der Waals surface area (Å²) in [5.74, 6) is -5.51. The van der Waals surface area contributed by atoms with Crippen LogP contribution in [0.15, 0.2) is 0 Å². The second-order valence-corrected chi connectivity index (χ2v) is 11.0. The molecule has 10 N–H and O–H groups in total. The Morgan fingerprint density at radius 2 is 0.931 bits per heavy atom. The molecule has 1 aliphatic heterocycles. The number of nitrogens with zero attached hydrogens (tertiary/aromatic N) is 1. The van der Waals surface area contributed by atoms with Crippen LogP contribution in [-0.4, -0.2) is 110 Å². The second-order valence-electron chi connectivity index (χ2n) is 11.0. The van der Waals surface area contributed by atoms with Gasteiger partial charge < -0.3 is 42.9 Å². The van der Waals surface area contributed by atoms with Crippen LogP contribution in [0.4, 0.5) is 0 Å². The first-order valence-corrected chi connectivity index (χ1v) is 15.1. The molecule has 1 aliphatic rings. The minimum atomic E-state index is -0.948. The van der Waals surface area contributed by atoms with Crippen LogP contribution in [-0.2, 0) is 47.9 Å². The minimum absolute atomic E-state index is 0. The van der Waals surface area contributed by atoms with Gasteiger partial charge in [0.15, 0.2) is 0 Å². The topological polar surface area (TPSA) is 315 Å². The number of carboxylic acids is 2. The van der Waals surface area contributed by atoms with Gasteiger partial charge in [0.25, 0.3) is 0 Å². The Labute approximate surface area is 353 Å². The fourth-order valence-electron chi connectivity index (χ4n) is 3.13. The smallest absolute Gasteiger partial charge is 0.306 e. The summed E-state index contributed by atoms with van der Waals surface area (Å²) in [6, 6.07) is 0. The molecule has 5 atom stereocenters. The molecular weight excluding hydrogens is 758 g/mol. The number of nitrogens with two attached hydrogens (primary N) is 2. The van der Waals surface area contributed by atoms with Crippen LogP contribution in [0.5, 0.6) is 0 Å². The fourth-order valence-corrected chi connectivity index (χ4v) is 3.13. The van der Waals surface area contributed by atoms with Gasteiger partial charge in [-0.1, -0.05) is 101 Å². The maximum Gasteiger partial charge on any atom is 0.306 e. The number of aliphatic carboxylic acids is 2. The van der Waals surface area contributed by atoms with Crippen molar-refractivity contribution in [2.24, 2.45) is 41.1 Å². The highest BCUT2D eigenvalue weighted by molar-refractivity contribution is 6.02. The van der Waals surface area contributed by atoms with E-state index in [-0.39, 0.29) is 146 Å². The van der Waals surface area contributed by atoms with Crippen molar-refractivity contribution in [1.29, 1.82) is 0 Å². The van der Waals surface area contributed by atoms with Gasteiger partial charge in [-0.25, -0.2) is 0 Å². The molecule has 8 amide bonds. The SMILES string of the molecule is C.C.C.C.C.C.C.C.C.CC1CC(=O)N(C)C1=O.CNC(=O)C(C)CC(=O)O.CNC(=O)C(C)CC(N)=O.CNC(=O)CC(C)C(=O)O.CNC(=O)CC(C)C(N)=O. The first-order valence-electron chi connectivity index (χ1n) is 15.1. The molecule has 0 bridgehead atoms. The van der Waals surface area contributed by atoms with E-state index in [9.17, 15) is 47.9 Å². The fraction of sp³-hybridized carbons (Fsp3) is 0.744. The van der Waals surface area contributed by atoms with Crippen LogP contribution < -0.4 is 32.7 Å². The summed E-state index contributed by atoms with van der Waals surface area (Å²) in [4.78, 5) is 106. The van der Waals surface area contributed by atoms with Crippen LogP contribution in [0.25, 0.3) is 0 Å². The highest BCUT2D eigenvalue weighted by Gasteiger charge is 2.32. The molecule has 58 heavy (non-hydrogen) atoms. The number of carbonyl (C=O) groups excluding carboxylic acids is 8. The molecule has 1 saturated heterocycles. The Morgan fingerprint density at radius 3 is 1.12 bits per heavy atom. The third-order valence-electron chi connectivity index (χ3n) is 6.43. The summed E-state index contributed by atoms with van der Waals surface area (Å²) < 4.78 is 0. The molecule has 0 aliphatic carbocycles. The molecular formula is C39H91N7O12. The summed E-state index contributed by atoms with van der Waals surface area (Å²) in [7, 11) is 7.54. The van der Waals surface area contributed by atoms with Gasteiger partial charge in [0.05, 0.1) is 12.3 Å². The van der Waals surface area contributed by atoms with Crippen molar-refractivity contribution in [1.82, 2.24) is 26.2 Å². The molecule has 19 heteroatoms. The lowest BCUT2D eigenvalue weighted by Gasteiger charge is -2.05. The summed E-state index contributed by atoms with van der Waals surface area (Å²) in [5, 5.41) is 26.1. The molecule has 354 valence electrons. The van der Waals surface area contributed by atoms with Crippen LogP contribution in [0.1, 0.15) is 134 Å². The Hall–Kier alpha value is -5.10. The molecule has 0 spiro atoms. The first-order chi connectivity index (χ1) is 22.4. The normalized spacial score (nSPS) is 12.7. The Kier molecular flexibility index (Phi) is 77.0. The van der Waals surface area contributed by atoms with Crippen molar-refractivity contribution in [2.45, 2.75) is 134 Å². The Morgan fingerprint density at radius 1 is 0.603 bits per heavy atom. The van der Waals surface area contributed by atoms with E-state index in [2.05, 4.69) is 21.3 Å². The Balaban J connectivity index is -0.0000000382. The average molecular weight is 850 g/mol. The standard InChI is InChI=1S/2C6H12N2O2.2C6H11NO3.C6H9NO2.9CH4/c1-4(6(7)10)3-5(9)8-2;1-4(3-5(7)9)6(10)8-2;1-4(3-5(8)9)6(10)7-2;1-4(6(9)10)3-5(8)7-2;1-4-3-5(8)7(2)6(4)9;;;;;;;;;/h4H,3H2,1-2H3,(H2,7,10)(H,8,9);4H,3H2,1-2H3,(H2,7,9)(H,8,10);4H,3H2,1-2H3,(H,7,10)(H,8,9);4H,3H2,1-2H3,(H,7,8)(H,9,10);4H,3H2,1-2H3;9*1H4. The number of hydrogen-bond donors (Lipinski definition) is 8. The van der Waals surface area contributed by atoms with Gasteiger partial charge in [-0.2, -0.15) is 0 Å². The van der Waals surface area contributed by atoms with Crippen LogP contribution in [0.3, 0.4) is 0 Å². The van der Waals surface area contributed by atoms with Crippen molar-refractivity contribution in [2.75, 3.05) is 35.2 Å². The van der Waals surface area contributed by atoms with Gasteiger partial charge >= 0.3 is 11.9 Å². The van der Waals surface area contributed by atoms with E-state index in [4.69, 9.17) is 21.7 Å².